The second-order valence-corrected chi connectivity index (χ2v) is 6.69. The Labute approximate surface area is 171 Å². The molecule has 1 N–H and O–H groups in total. The number of hydrogen-bond donors (Lipinski definition) is 1. The minimum Gasteiger partial charge on any atom is -0.484 e. The Morgan fingerprint density at radius 2 is 1.83 bits per heavy atom. The van der Waals surface area contributed by atoms with Crippen molar-refractivity contribution in [3.8, 4) is 17.1 Å². The summed E-state index contributed by atoms with van der Waals surface area (Å²) in [6.45, 7) is 3.65. The molecule has 0 unspecified atom stereocenters. The van der Waals surface area contributed by atoms with Gasteiger partial charge in [0.1, 0.15) is 17.3 Å². The Morgan fingerprint density at radius 3 is 2.53 bits per heavy atom. The maximum absolute atomic E-state index is 12.8. The van der Waals surface area contributed by atoms with Crippen LogP contribution in [0.1, 0.15) is 22.5 Å². The molecular formula is C22H19F3N2O3. The molecule has 156 valence electrons. The van der Waals surface area contributed by atoms with Gasteiger partial charge in [-0.1, -0.05) is 18.2 Å². The molecule has 0 radical (unpaired) electrons. The van der Waals surface area contributed by atoms with Crippen LogP contribution in [0.3, 0.4) is 0 Å². The number of carbonyl (C=O) groups excluding carboxylic acids is 1. The van der Waals surface area contributed by atoms with Crippen LogP contribution in [0.25, 0.3) is 11.3 Å². The Morgan fingerprint density at radius 1 is 1.10 bits per heavy atom. The van der Waals surface area contributed by atoms with Crippen molar-refractivity contribution < 1.29 is 27.1 Å². The van der Waals surface area contributed by atoms with Crippen LogP contribution in [-0.2, 0) is 11.0 Å². The maximum Gasteiger partial charge on any atom is 0.416 e. The van der Waals surface area contributed by atoms with Crippen molar-refractivity contribution in [1.82, 2.24) is 5.43 Å². The third-order valence-electron chi connectivity index (χ3n) is 4.05. The molecule has 3 rings (SSSR count). The van der Waals surface area contributed by atoms with E-state index in [1.165, 1.54) is 30.5 Å². The molecule has 0 saturated carbocycles. The van der Waals surface area contributed by atoms with Gasteiger partial charge in [0.25, 0.3) is 5.91 Å². The molecule has 0 aliphatic carbocycles. The standard InChI is InChI=1S/C22H19F3N2O3/c1-14-8-15(2)10-19(9-14)29-13-21(28)27-26-12-18-6-7-20(30-18)16-4-3-5-17(11-16)22(23,24)25/h3-12H,13H2,1-2H3,(H,27,28)/b26-12-. The molecular weight excluding hydrogens is 397 g/mol. The predicted molar refractivity (Wildman–Crippen MR) is 106 cm³/mol. The van der Waals surface area contributed by atoms with Gasteiger partial charge in [-0.05, 0) is 61.4 Å². The van der Waals surface area contributed by atoms with E-state index < -0.39 is 17.6 Å². The minimum absolute atomic E-state index is 0.214. The fraction of sp³-hybridized carbons (Fsp3) is 0.182. The van der Waals surface area contributed by atoms with Gasteiger partial charge in [0.05, 0.1) is 11.8 Å². The van der Waals surface area contributed by atoms with E-state index in [2.05, 4.69) is 10.5 Å². The molecule has 0 saturated heterocycles. The summed E-state index contributed by atoms with van der Waals surface area (Å²) in [5, 5.41) is 3.77. The van der Waals surface area contributed by atoms with E-state index in [1.807, 2.05) is 32.0 Å². The fourth-order valence-electron chi connectivity index (χ4n) is 2.79. The molecule has 0 fully saturated rings. The Hall–Kier alpha value is -3.55. The van der Waals surface area contributed by atoms with E-state index in [1.54, 1.807) is 0 Å². The largest absolute Gasteiger partial charge is 0.484 e. The molecule has 0 spiro atoms. The van der Waals surface area contributed by atoms with Crippen LogP contribution in [0, 0.1) is 13.8 Å². The van der Waals surface area contributed by atoms with Crippen LogP contribution in [0.5, 0.6) is 5.75 Å². The lowest BCUT2D eigenvalue weighted by molar-refractivity contribution is -0.137. The predicted octanol–water partition coefficient (Wildman–Crippen LogP) is 5.11. The summed E-state index contributed by atoms with van der Waals surface area (Å²) < 4.78 is 49.4. The first-order chi connectivity index (χ1) is 14.2. The zero-order valence-electron chi connectivity index (χ0n) is 16.3. The molecule has 0 bridgehead atoms. The van der Waals surface area contributed by atoms with Crippen LogP contribution in [-0.4, -0.2) is 18.7 Å². The van der Waals surface area contributed by atoms with Crippen LogP contribution in [0.2, 0.25) is 0 Å². The third-order valence-corrected chi connectivity index (χ3v) is 4.05. The van der Waals surface area contributed by atoms with Gasteiger partial charge in [-0.25, -0.2) is 5.43 Å². The van der Waals surface area contributed by atoms with E-state index >= 15 is 0 Å². The quantitative estimate of drug-likeness (QED) is 0.449. The number of ether oxygens (including phenoxy) is 1. The number of carbonyl (C=O) groups is 1. The average Bonchev–Trinajstić information content (AvgIpc) is 3.14. The molecule has 5 nitrogen and oxygen atoms in total. The van der Waals surface area contributed by atoms with Gasteiger partial charge in [-0.3, -0.25) is 4.79 Å². The highest BCUT2D eigenvalue weighted by atomic mass is 19.4. The Kier molecular flexibility index (Phi) is 6.25. The lowest BCUT2D eigenvalue weighted by Gasteiger charge is -2.07. The maximum atomic E-state index is 12.8. The topological polar surface area (TPSA) is 63.8 Å². The first-order valence-electron chi connectivity index (χ1n) is 9.01. The van der Waals surface area contributed by atoms with Crippen molar-refractivity contribution in [3.05, 3.63) is 77.0 Å². The summed E-state index contributed by atoms with van der Waals surface area (Å²) in [5.41, 5.74) is 3.88. The van der Waals surface area contributed by atoms with Gasteiger partial charge >= 0.3 is 6.18 Å². The highest BCUT2D eigenvalue weighted by Crippen LogP contribution is 2.32. The second kappa shape index (κ2) is 8.86. The molecule has 2 aromatic carbocycles. The van der Waals surface area contributed by atoms with Gasteiger partial charge in [0, 0.05) is 5.56 Å². The van der Waals surface area contributed by atoms with Crippen LogP contribution < -0.4 is 10.2 Å². The van der Waals surface area contributed by atoms with E-state index in [-0.39, 0.29) is 23.7 Å². The fourth-order valence-corrected chi connectivity index (χ4v) is 2.79. The van der Waals surface area contributed by atoms with Crippen molar-refractivity contribution in [1.29, 1.82) is 0 Å². The number of hydrazone groups is 1. The molecule has 0 aliphatic heterocycles. The number of aryl methyl sites for hydroxylation is 2. The van der Waals surface area contributed by atoms with Gasteiger partial charge in [0.2, 0.25) is 0 Å². The van der Waals surface area contributed by atoms with Gasteiger partial charge in [-0.15, -0.1) is 0 Å². The summed E-state index contributed by atoms with van der Waals surface area (Å²) >= 11 is 0. The van der Waals surface area contributed by atoms with E-state index in [0.29, 0.717) is 5.75 Å². The van der Waals surface area contributed by atoms with E-state index in [4.69, 9.17) is 9.15 Å². The molecule has 0 aliphatic rings. The SMILES string of the molecule is Cc1cc(C)cc(OCC(=O)N/N=C\c2ccc(-c3cccc(C(F)(F)F)c3)o2)c1. The number of nitrogens with zero attached hydrogens (tertiary/aromatic N) is 1. The van der Waals surface area contributed by atoms with E-state index in [0.717, 1.165) is 23.3 Å². The average molecular weight is 416 g/mol. The van der Waals surface area contributed by atoms with Crippen LogP contribution in [0.4, 0.5) is 13.2 Å². The first-order valence-corrected chi connectivity index (χ1v) is 9.01. The number of rotatable bonds is 6. The minimum atomic E-state index is -4.43. The lowest BCUT2D eigenvalue weighted by Crippen LogP contribution is -2.24. The molecule has 8 heteroatoms. The number of furan rings is 1. The summed E-state index contributed by atoms with van der Waals surface area (Å²) in [6.07, 6.45) is -3.18. The smallest absolute Gasteiger partial charge is 0.416 e. The van der Waals surface area contributed by atoms with Crippen molar-refractivity contribution in [2.24, 2.45) is 5.10 Å². The van der Waals surface area contributed by atoms with Crippen LogP contribution in [0.15, 0.2) is 64.1 Å². The normalized spacial score (nSPS) is 11.6. The highest BCUT2D eigenvalue weighted by Gasteiger charge is 2.30. The van der Waals surface area contributed by atoms with Gasteiger partial charge < -0.3 is 9.15 Å². The third kappa shape index (κ3) is 5.73. The van der Waals surface area contributed by atoms with Crippen molar-refractivity contribution >= 4 is 12.1 Å². The summed E-state index contributed by atoms with van der Waals surface area (Å²) in [5.74, 6) is 0.656. The second-order valence-electron chi connectivity index (χ2n) is 6.69. The number of nitrogens with one attached hydrogen (secondary N) is 1. The van der Waals surface area contributed by atoms with Crippen LogP contribution >= 0.6 is 0 Å². The molecule has 30 heavy (non-hydrogen) atoms. The number of amides is 1. The zero-order valence-corrected chi connectivity index (χ0v) is 16.3. The monoisotopic (exact) mass is 416 g/mol. The first kappa shape index (κ1) is 21.2. The van der Waals surface area contributed by atoms with Crippen molar-refractivity contribution in [3.63, 3.8) is 0 Å². The molecule has 1 heterocycles. The highest BCUT2D eigenvalue weighted by molar-refractivity contribution is 5.81. The molecule has 3 aromatic rings. The molecule has 1 amide bonds. The Bertz CT molecular complexity index is 1050. The van der Waals surface area contributed by atoms with Crippen molar-refractivity contribution in [2.45, 2.75) is 20.0 Å². The van der Waals surface area contributed by atoms with Crippen molar-refractivity contribution in [2.75, 3.05) is 6.61 Å². The molecule has 1 aromatic heterocycles. The Balaban J connectivity index is 1.56. The van der Waals surface area contributed by atoms with E-state index in [9.17, 15) is 18.0 Å². The number of halogens is 3. The summed E-state index contributed by atoms with van der Waals surface area (Å²) in [4.78, 5) is 11.8. The lowest BCUT2D eigenvalue weighted by atomic mass is 10.1. The summed E-state index contributed by atoms with van der Waals surface area (Å²) in [7, 11) is 0. The summed E-state index contributed by atoms with van der Waals surface area (Å²) in [6, 6.07) is 13.5. The number of alkyl halides is 3. The number of benzene rings is 2. The van der Waals surface area contributed by atoms with Gasteiger partial charge in [0.15, 0.2) is 6.61 Å². The zero-order chi connectivity index (χ0) is 21.7. The molecule has 0 atom stereocenters. The number of hydrogen-bond acceptors (Lipinski definition) is 4. The van der Waals surface area contributed by atoms with Gasteiger partial charge in [-0.2, -0.15) is 18.3 Å².